The van der Waals surface area contributed by atoms with Gasteiger partial charge in [-0.3, -0.25) is 18.6 Å². The molecule has 318 valence electrons. The summed E-state index contributed by atoms with van der Waals surface area (Å²) in [5, 5.41) is 0. The van der Waals surface area contributed by atoms with Crippen LogP contribution in [0.4, 0.5) is 0 Å². The second-order valence-electron chi connectivity index (χ2n) is 14.2. The van der Waals surface area contributed by atoms with Crippen molar-refractivity contribution < 1.29 is 37.6 Å². The van der Waals surface area contributed by atoms with Crippen LogP contribution in [0.1, 0.15) is 181 Å². The number of esters is 2. The van der Waals surface area contributed by atoms with E-state index in [1.165, 1.54) is 77.0 Å². The number of carbonyl (C=O) groups is 2. The van der Waals surface area contributed by atoms with Crippen molar-refractivity contribution in [2.75, 3.05) is 26.4 Å². The fraction of sp³-hybridized carbons (Fsp3) is 0.733. The van der Waals surface area contributed by atoms with Crippen LogP contribution in [-0.2, 0) is 32.7 Å². The van der Waals surface area contributed by atoms with Crippen molar-refractivity contribution in [1.29, 1.82) is 0 Å². The predicted molar refractivity (Wildman–Crippen MR) is 229 cm³/mol. The second kappa shape index (κ2) is 41.3. The number of ether oxygens (including phenoxy) is 2. The molecule has 0 fully saturated rings. The van der Waals surface area contributed by atoms with Gasteiger partial charge in [0.25, 0.3) is 0 Å². The van der Waals surface area contributed by atoms with Crippen LogP contribution in [0.25, 0.3) is 0 Å². The van der Waals surface area contributed by atoms with E-state index in [9.17, 15) is 19.0 Å². The van der Waals surface area contributed by atoms with Gasteiger partial charge in [-0.2, -0.15) is 0 Å². The molecule has 2 unspecified atom stereocenters. The van der Waals surface area contributed by atoms with Gasteiger partial charge in [-0.05, 0) is 83.5 Å². The molecule has 0 saturated carbocycles. The number of hydrogen-bond donors (Lipinski definition) is 2. The minimum Gasteiger partial charge on any atom is -0.462 e. The number of allylic oxidation sites excluding steroid dienone is 10. The Hall–Kier alpha value is -2.29. The Morgan fingerprint density at radius 2 is 0.945 bits per heavy atom. The smallest absolute Gasteiger partial charge is 0.462 e. The van der Waals surface area contributed by atoms with Crippen molar-refractivity contribution >= 4 is 19.8 Å². The zero-order valence-corrected chi connectivity index (χ0v) is 35.8. The Labute approximate surface area is 336 Å². The van der Waals surface area contributed by atoms with Crippen molar-refractivity contribution in [2.24, 2.45) is 5.73 Å². The average molecular weight is 794 g/mol. The van der Waals surface area contributed by atoms with Crippen LogP contribution in [0, 0.1) is 0 Å². The Morgan fingerprint density at radius 1 is 0.545 bits per heavy atom. The van der Waals surface area contributed by atoms with Gasteiger partial charge in [0.1, 0.15) is 6.61 Å². The highest BCUT2D eigenvalue weighted by Gasteiger charge is 2.26. The van der Waals surface area contributed by atoms with Gasteiger partial charge < -0.3 is 20.1 Å². The average Bonchev–Trinajstić information content (AvgIpc) is 3.17. The molecule has 0 saturated heterocycles. The van der Waals surface area contributed by atoms with Crippen molar-refractivity contribution in [2.45, 2.75) is 187 Å². The molecule has 0 aliphatic heterocycles. The molecule has 0 radical (unpaired) electrons. The minimum absolute atomic E-state index is 0.0451. The highest BCUT2D eigenvalue weighted by atomic mass is 31.2. The zero-order chi connectivity index (χ0) is 40.3. The first-order valence-corrected chi connectivity index (χ1v) is 23.3. The molecule has 9 nitrogen and oxygen atoms in total. The quantitative estimate of drug-likeness (QED) is 0.0269. The molecule has 55 heavy (non-hydrogen) atoms. The third kappa shape index (κ3) is 41.2. The summed E-state index contributed by atoms with van der Waals surface area (Å²) < 4.78 is 32.7. The van der Waals surface area contributed by atoms with Crippen LogP contribution in [-0.4, -0.2) is 49.3 Å². The first kappa shape index (κ1) is 52.7. The van der Waals surface area contributed by atoms with E-state index in [1.807, 2.05) is 0 Å². The van der Waals surface area contributed by atoms with E-state index >= 15 is 0 Å². The number of hydrogen-bond acceptors (Lipinski definition) is 8. The fourth-order valence-electron chi connectivity index (χ4n) is 5.61. The lowest BCUT2D eigenvalue weighted by Crippen LogP contribution is -2.29. The van der Waals surface area contributed by atoms with Gasteiger partial charge in [-0.1, -0.05) is 145 Å². The Morgan fingerprint density at radius 3 is 1.44 bits per heavy atom. The second-order valence-corrected chi connectivity index (χ2v) is 15.7. The largest absolute Gasteiger partial charge is 0.472 e. The van der Waals surface area contributed by atoms with E-state index in [4.69, 9.17) is 24.3 Å². The van der Waals surface area contributed by atoms with Crippen molar-refractivity contribution in [1.82, 2.24) is 0 Å². The minimum atomic E-state index is -4.39. The predicted octanol–water partition coefficient (Wildman–Crippen LogP) is 12.5. The number of nitrogens with two attached hydrogens (primary N) is 1. The molecule has 3 N–H and O–H groups in total. The van der Waals surface area contributed by atoms with Crippen LogP contribution in [0.15, 0.2) is 60.8 Å². The number of rotatable bonds is 40. The van der Waals surface area contributed by atoms with Crippen molar-refractivity contribution in [3.05, 3.63) is 60.8 Å². The van der Waals surface area contributed by atoms with E-state index in [-0.39, 0.29) is 32.6 Å². The van der Waals surface area contributed by atoms with Crippen molar-refractivity contribution in [3.8, 4) is 0 Å². The molecule has 0 aliphatic carbocycles. The van der Waals surface area contributed by atoms with Crippen LogP contribution in [0.2, 0.25) is 0 Å². The standard InChI is InChI=1S/C45H80NO8P/c1-3-5-7-9-11-13-15-17-19-20-21-22-24-26-28-30-32-34-36-38-45(48)54-43(42-53-55(49,50)52-40-39-46)41-51-44(47)37-35-33-31-29-27-25-23-18-16-14-12-10-8-6-4-2/h11-14,17-19,23,27,29,43H,3-10,15-16,20-22,24-26,28,30-42,46H2,1-2H3,(H,49,50). The van der Waals surface area contributed by atoms with E-state index in [0.717, 1.165) is 64.2 Å². The van der Waals surface area contributed by atoms with Crippen molar-refractivity contribution in [3.63, 3.8) is 0 Å². The molecule has 0 bridgehead atoms. The molecule has 0 aromatic rings. The highest BCUT2D eigenvalue weighted by Crippen LogP contribution is 2.43. The van der Waals surface area contributed by atoms with E-state index in [0.29, 0.717) is 12.8 Å². The molecule has 0 aromatic heterocycles. The third-order valence-corrected chi connectivity index (χ3v) is 9.86. The lowest BCUT2D eigenvalue weighted by Gasteiger charge is -2.19. The molecule has 10 heteroatoms. The highest BCUT2D eigenvalue weighted by molar-refractivity contribution is 7.47. The first-order chi connectivity index (χ1) is 26.8. The molecule has 0 rings (SSSR count). The van der Waals surface area contributed by atoms with Gasteiger partial charge >= 0.3 is 19.8 Å². The summed E-state index contributed by atoms with van der Waals surface area (Å²) in [6.45, 7) is 3.62. The van der Waals surface area contributed by atoms with Gasteiger partial charge in [0.15, 0.2) is 6.10 Å². The van der Waals surface area contributed by atoms with E-state index in [2.05, 4.69) is 74.6 Å². The lowest BCUT2D eigenvalue weighted by molar-refractivity contribution is -0.161. The summed E-state index contributed by atoms with van der Waals surface area (Å²) in [7, 11) is -4.39. The van der Waals surface area contributed by atoms with Crippen LogP contribution < -0.4 is 5.73 Å². The number of carbonyl (C=O) groups excluding carboxylic acids is 2. The third-order valence-electron chi connectivity index (χ3n) is 8.88. The summed E-state index contributed by atoms with van der Waals surface area (Å²) in [6.07, 6.45) is 48.2. The van der Waals surface area contributed by atoms with Gasteiger partial charge in [-0.15, -0.1) is 0 Å². The number of phosphoric ester groups is 1. The number of unbranched alkanes of at least 4 members (excludes halogenated alkanes) is 17. The normalized spacial score (nSPS) is 13.9. The summed E-state index contributed by atoms with van der Waals surface area (Å²) >= 11 is 0. The fourth-order valence-corrected chi connectivity index (χ4v) is 6.38. The Bertz CT molecular complexity index is 1090. The maximum atomic E-state index is 12.6. The lowest BCUT2D eigenvalue weighted by atomic mass is 10.1. The number of phosphoric acid groups is 1. The van der Waals surface area contributed by atoms with Crippen LogP contribution in [0.5, 0.6) is 0 Å². The summed E-state index contributed by atoms with van der Waals surface area (Å²) in [4.78, 5) is 34.9. The van der Waals surface area contributed by atoms with Gasteiger partial charge in [0.05, 0.1) is 13.2 Å². The summed E-state index contributed by atoms with van der Waals surface area (Å²) in [5.74, 6) is -0.881. The monoisotopic (exact) mass is 794 g/mol. The molecule has 2 atom stereocenters. The molecule has 0 heterocycles. The topological polar surface area (TPSA) is 134 Å². The van der Waals surface area contributed by atoms with Gasteiger partial charge in [0, 0.05) is 19.4 Å². The Kier molecular flexibility index (Phi) is 39.6. The zero-order valence-electron chi connectivity index (χ0n) is 34.9. The molecule has 0 amide bonds. The van der Waals surface area contributed by atoms with E-state index < -0.39 is 32.5 Å². The first-order valence-electron chi connectivity index (χ1n) is 21.8. The van der Waals surface area contributed by atoms with Gasteiger partial charge in [0.2, 0.25) is 0 Å². The molecule has 0 spiro atoms. The maximum Gasteiger partial charge on any atom is 0.472 e. The van der Waals surface area contributed by atoms with Crippen LogP contribution in [0.3, 0.4) is 0 Å². The summed E-state index contributed by atoms with van der Waals surface area (Å²) in [6, 6.07) is 0. The molecular formula is C45H80NO8P. The van der Waals surface area contributed by atoms with E-state index in [1.54, 1.807) is 0 Å². The molecule has 0 aliphatic rings. The van der Waals surface area contributed by atoms with Gasteiger partial charge in [-0.25, -0.2) is 4.57 Å². The SMILES string of the molecule is CCCCCC=CCC=CCC=CCCCCC(=O)OCC(COP(=O)(O)OCCN)OC(=O)CCCCCCCCCCCC=CCC=CCCCCC. The molecular weight excluding hydrogens is 713 g/mol. The molecule has 0 aromatic carbocycles. The Balaban J connectivity index is 4.21. The maximum absolute atomic E-state index is 12.6. The summed E-state index contributed by atoms with van der Waals surface area (Å²) in [5.41, 5.74) is 5.34. The van der Waals surface area contributed by atoms with Crippen LogP contribution >= 0.6 is 7.82 Å².